The van der Waals surface area contributed by atoms with Crippen molar-refractivity contribution >= 4 is 12.0 Å². The number of rotatable bonds is 2. The number of fused-ring (bicyclic) bond motifs is 2. The molecule has 0 aromatic heterocycles. The van der Waals surface area contributed by atoms with Crippen LogP contribution in [0.2, 0.25) is 0 Å². The molecule has 2 atom stereocenters. The molecule has 0 radical (unpaired) electrons. The van der Waals surface area contributed by atoms with Crippen LogP contribution in [0, 0.1) is 0 Å². The Balaban J connectivity index is 1.57. The lowest BCUT2D eigenvalue weighted by molar-refractivity contribution is -0.127. The summed E-state index contributed by atoms with van der Waals surface area (Å²) in [7, 11) is 0. The monoisotopic (exact) mass is 366 g/mol. The number of carboxylic acid groups (broad SMARTS) is 1. The Labute approximate surface area is 157 Å². The van der Waals surface area contributed by atoms with E-state index in [1.165, 1.54) is 5.56 Å². The van der Waals surface area contributed by atoms with E-state index in [2.05, 4.69) is 11.4 Å². The summed E-state index contributed by atoms with van der Waals surface area (Å²) in [6, 6.07) is 12.1. The number of phenolic OH excluding ortho intramolecular Hbond substituents is 1. The fourth-order valence-corrected chi connectivity index (χ4v) is 4.18. The van der Waals surface area contributed by atoms with Gasteiger partial charge in [0.25, 0.3) is 0 Å². The molecule has 140 valence electrons. The van der Waals surface area contributed by atoms with Gasteiger partial charge < -0.3 is 15.5 Å². The van der Waals surface area contributed by atoms with E-state index in [1.807, 2.05) is 18.2 Å². The molecule has 2 amide bonds. The number of phenols is 1. The molecule has 2 aliphatic rings. The first kappa shape index (κ1) is 17.4. The number of hydrogen-bond donors (Lipinski definition) is 3. The van der Waals surface area contributed by atoms with E-state index in [9.17, 15) is 19.8 Å². The van der Waals surface area contributed by atoms with Gasteiger partial charge in [0.15, 0.2) is 0 Å². The minimum Gasteiger partial charge on any atom is -0.508 e. The SMILES string of the molecule is O=C(N[C@@H]1CCCc2ccccc21)[C@@H]1Cc2ccc(O)cc2CN1C(=O)O. The predicted molar refractivity (Wildman–Crippen MR) is 99.4 cm³/mol. The van der Waals surface area contributed by atoms with Crippen LogP contribution in [0.5, 0.6) is 5.75 Å². The molecule has 3 N–H and O–H groups in total. The van der Waals surface area contributed by atoms with Crippen LogP contribution >= 0.6 is 0 Å². The van der Waals surface area contributed by atoms with E-state index in [-0.39, 0.29) is 24.2 Å². The minimum atomic E-state index is -1.13. The summed E-state index contributed by atoms with van der Waals surface area (Å²) in [6.45, 7) is 0.0956. The highest BCUT2D eigenvalue weighted by atomic mass is 16.4. The fourth-order valence-electron chi connectivity index (χ4n) is 4.18. The largest absolute Gasteiger partial charge is 0.508 e. The van der Waals surface area contributed by atoms with E-state index >= 15 is 0 Å². The van der Waals surface area contributed by atoms with Crippen molar-refractivity contribution in [3.05, 3.63) is 64.7 Å². The van der Waals surface area contributed by atoms with Gasteiger partial charge in [-0.15, -0.1) is 0 Å². The summed E-state index contributed by atoms with van der Waals surface area (Å²) in [5, 5.41) is 22.3. The van der Waals surface area contributed by atoms with Crippen molar-refractivity contribution in [1.82, 2.24) is 10.2 Å². The number of aromatic hydroxyl groups is 1. The molecule has 2 aromatic rings. The van der Waals surface area contributed by atoms with Crippen molar-refractivity contribution in [2.24, 2.45) is 0 Å². The quantitative estimate of drug-likeness (QED) is 0.762. The fraction of sp³-hybridized carbons (Fsp3) is 0.333. The van der Waals surface area contributed by atoms with Gasteiger partial charge in [-0.25, -0.2) is 4.79 Å². The van der Waals surface area contributed by atoms with Crippen molar-refractivity contribution in [3.63, 3.8) is 0 Å². The molecular formula is C21H22N2O4. The van der Waals surface area contributed by atoms with E-state index in [1.54, 1.807) is 18.2 Å². The van der Waals surface area contributed by atoms with Crippen molar-refractivity contribution < 1.29 is 19.8 Å². The summed E-state index contributed by atoms with van der Waals surface area (Å²) in [5.41, 5.74) is 4.01. The molecule has 0 bridgehead atoms. The second-order valence-electron chi connectivity index (χ2n) is 7.24. The van der Waals surface area contributed by atoms with Crippen LogP contribution in [0.15, 0.2) is 42.5 Å². The zero-order valence-corrected chi connectivity index (χ0v) is 14.9. The molecule has 6 nitrogen and oxygen atoms in total. The average Bonchev–Trinajstić information content (AvgIpc) is 2.67. The van der Waals surface area contributed by atoms with Crippen molar-refractivity contribution in [3.8, 4) is 5.75 Å². The Morgan fingerprint density at radius 2 is 1.89 bits per heavy atom. The van der Waals surface area contributed by atoms with E-state index < -0.39 is 12.1 Å². The van der Waals surface area contributed by atoms with Gasteiger partial charge >= 0.3 is 6.09 Å². The summed E-state index contributed by atoms with van der Waals surface area (Å²) < 4.78 is 0. The third-order valence-electron chi connectivity index (χ3n) is 5.55. The van der Waals surface area contributed by atoms with Gasteiger partial charge in [-0.05, 0) is 53.6 Å². The second kappa shape index (κ2) is 6.95. The van der Waals surface area contributed by atoms with Crippen LogP contribution in [0.1, 0.15) is 41.1 Å². The standard InChI is InChI=1S/C21H22N2O4/c24-16-9-8-14-11-19(23(21(26)27)12-15(14)10-16)20(25)22-18-7-3-5-13-4-1-2-6-17(13)18/h1-2,4,6,8-10,18-19,24H,3,5,7,11-12H2,(H,22,25)(H,26,27)/t18-,19+/m1/s1. The van der Waals surface area contributed by atoms with Gasteiger partial charge in [-0.2, -0.15) is 0 Å². The zero-order valence-electron chi connectivity index (χ0n) is 14.9. The first-order valence-corrected chi connectivity index (χ1v) is 9.21. The van der Waals surface area contributed by atoms with Gasteiger partial charge in [0.1, 0.15) is 11.8 Å². The summed E-state index contributed by atoms with van der Waals surface area (Å²) in [4.78, 5) is 25.9. The van der Waals surface area contributed by atoms with Crippen molar-refractivity contribution in [1.29, 1.82) is 0 Å². The summed E-state index contributed by atoms with van der Waals surface area (Å²) >= 11 is 0. The van der Waals surface area contributed by atoms with Gasteiger partial charge in [-0.1, -0.05) is 30.3 Å². The summed E-state index contributed by atoms with van der Waals surface area (Å²) in [5.74, 6) is -0.168. The number of benzene rings is 2. The second-order valence-corrected chi connectivity index (χ2v) is 7.24. The number of carbonyl (C=O) groups is 2. The van der Waals surface area contributed by atoms with Gasteiger partial charge in [0.2, 0.25) is 5.91 Å². The number of amides is 2. The lowest BCUT2D eigenvalue weighted by atomic mass is 9.87. The highest BCUT2D eigenvalue weighted by Gasteiger charge is 2.36. The van der Waals surface area contributed by atoms with E-state index in [0.29, 0.717) is 6.42 Å². The molecule has 6 heteroatoms. The maximum absolute atomic E-state index is 13.0. The Morgan fingerprint density at radius 1 is 1.07 bits per heavy atom. The molecule has 4 rings (SSSR count). The van der Waals surface area contributed by atoms with Crippen LogP contribution in [-0.2, 0) is 24.2 Å². The normalized spacial score (nSPS) is 21.1. The number of nitrogens with zero attached hydrogens (tertiary/aromatic N) is 1. The van der Waals surface area contributed by atoms with Gasteiger partial charge in [0, 0.05) is 6.42 Å². The van der Waals surface area contributed by atoms with Crippen LogP contribution in [0.4, 0.5) is 4.79 Å². The molecule has 1 aliphatic heterocycles. The van der Waals surface area contributed by atoms with Gasteiger partial charge in [-0.3, -0.25) is 9.69 Å². The lowest BCUT2D eigenvalue weighted by Gasteiger charge is -2.35. The Hall–Kier alpha value is -3.02. The van der Waals surface area contributed by atoms with Crippen molar-refractivity contribution in [2.45, 2.75) is 44.3 Å². The molecule has 0 saturated carbocycles. The Kier molecular flexibility index (Phi) is 4.48. The molecule has 0 spiro atoms. The maximum Gasteiger partial charge on any atom is 0.408 e. The smallest absolute Gasteiger partial charge is 0.408 e. The highest BCUT2D eigenvalue weighted by Crippen LogP contribution is 2.31. The number of carbonyl (C=O) groups excluding carboxylic acids is 1. The first-order valence-electron chi connectivity index (χ1n) is 9.21. The average molecular weight is 366 g/mol. The van der Waals surface area contributed by atoms with Gasteiger partial charge in [0.05, 0.1) is 12.6 Å². The number of nitrogens with one attached hydrogen (secondary N) is 1. The van der Waals surface area contributed by atoms with Crippen LogP contribution in [0.3, 0.4) is 0 Å². The summed E-state index contributed by atoms with van der Waals surface area (Å²) in [6.07, 6.45) is 2.03. The number of hydrogen-bond acceptors (Lipinski definition) is 3. The third-order valence-corrected chi connectivity index (χ3v) is 5.55. The number of aryl methyl sites for hydroxylation is 1. The van der Waals surface area contributed by atoms with Crippen LogP contribution in [0.25, 0.3) is 0 Å². The Morgan fingerprint density at radius 3 is 2.70 bits per heavy atom. The molecule has 1 heterocycles. The molecule has 0 unspecified atom stereocenters. The highest BCUT2D eigenvalue weighted by molar-refractivity contribution is 5.86. The molecule has 27 heavy (non-hydrogen) atoms. The lowest BCUT2D eigenvalue weighted by Crippen LogP contribution is -2.52. The molecule has 0 fully saturated rings. The van der Waals surface area contributed by atoms with Crippen LogP contribution in [-0.4, -0.2) is 33.2 Å². The molecule has 2 aromatic carbocycles. The Bertz CT molecular complexity index is 896. The topological polar surface area (TPSA) is 89.9 Å². The maximum atomic E-state index is 13.0. The zero-order chi connectivity index (χ0) is 19.0. The third kappa shape index (κ3) is 3.35. The van der Waals surface area contributed by atoms with E-state index in [0.717, 1.165) is 40.9 Å². The van der Waals surface area contributed by atoms with E-state index in [4.69, 9.17) is 0 Å². The molecular weight excluding hydrogens is 344 g/mol. The van der Waals surface area contributed by atoms with Crippen LogP contribution < -0.4 is 5.32 Å². The van der Waals surface area contributed by atoms with Crippen molar-refractivity contribution in [2.75, 3.05) is 0 Å². The molecule has 1 aliphatic carbocycles. The first-order chi connectivity index (χ1) is 13.0. The molecule has 0 saturated heterocycles. The predicted octanol–water partition coefficient (Wildman–Crippen LogP) is 2.99. The minimum absolute atomic E-state index is 0.0840.